The molecule has 0 N–H and O–H groups in total. The zero-order valence-corrected chi connectivity index (χ0v) is 6.55. The van der Waals surface area contributed by atoms with Crippen LogP contribution in [0, 0.1) is 23.7 Å². The second kappa shape index (κ2) is 3.05. The summed E-state index contributed by atoms with van der Waals surface area (Å²) in [6.45, 7) is 0. The van der Waals surface area contributed by atoms with E-state index in [1.165, 1.54) is 23.7 Å². The van der Waals surface area contributed by atoms with Gasteiger partial charge in [0.05, 0.1) is 0 Å². The summed E-state index contributed by atoms with van der Waals surface area (Å²) >= 11 is 0. The molecule has 4 rings (SSSR count). The van der Waals surface area contributed by atoms with Gasteiger partial charge in [-0.05, 0) is 62.2 Å². The van der Waals surface area contributed by atoms with Gasteiger partial charge >= 0.3 is 29.6 Å². The molecule has 0 aromatic heterocycles. The van der Waals surface area contributed by atoms with Crippen molar-refractivity contribution in [3.63, 3.8) is 0 Å². The molecule has 0 spiro atoms. The third-order valence-electron chi connectivity index (χ3n) is 4.00. The second-order valence-electron chi connectivity index (χ2n) is 4.88. The van der Waals surface area contributed by atoms with E-state index in [0.717, 1.165) is 0 Å². The molecule has 0 aromatic rings. The van der Waals surface area contributed by atoms with Crippen LogP contribution in [0.4, 0.5) is 0 Å². The van der Waals surface area contributed by atoms with Crippen molar-refractivity contribution in [3.8, 4) is 0 Å². The Kier molecular flexibility index (Phi) is 2.38. The van der Waals surface area contributed by atoms with Gasteiger partial charge in [0, 0.05) is 0 Å². The van der Waals surface area contributed by atoms with E-state index in [4.69, 9.17) is 0 Å². The molecule has 4 saturated carbocycles. The molecule has 11 heavy (non-hydrogen) atoms. The molecule has 0 unspecified atom stereocenters. The zero-order chi connectivity index (χ0) is 6.55. The first-order valence-electron chi connectivity index (χ1n) is 4.90. The van der Waals surface area contributed by atoms with Crippen LogP contribution >= 0.6 is 0 Å². The van der Waals surface area contributed by atoms with E-state index >= 15 is 0 Å². The van der Waals surface area contributed by atoms with E-state index in [0.29, 0.717) is 0 Å². The number of rotatable bonds is 0. The zero-order valence-electron chi connectivity index (χ0n) is 6.55. The fourth-order valence-corrected chi connectivity index (χ4v) is 3.98. The molecule has 0 radical (unpaired) electrons. The molecule has 0 atom stereocenters. The van der Waals surface area contributed by atoms with Gasteiger partial charge in [-0.3, -0.25) is 0 Å². The van der Waals surface area contributed by atoms with Gasteiger partial charge in [0.1, 0.15) is 0 Å². The maximum atomic E-state index is 1.60. The summed E-state index contributed by atoms with van der Waals surface area (Å²) in [5.41, 5.74) is 0. The van der Waals surface area contributed by atoms with E-state index in [-0.39, 0.29) is 29.6 Å². The van der Waals surface area contributed by atoms with Crippen molar-refractivity contribution in [1.29, 1.82) is 0 Å². The number of hydrogen-bond donors (Lipinski definition) is 0. The van der Waals surface area contributed by atoms with Gasteiger partial charge in [0.25, 0.3) is 0 Å². The van der Waals surface area contributed by atoms with E-state index in [2.05, 4.69) is 0 Å². The van der Waals surface area contributed by atoms with Crippen LogP contribution in [0.3, 0.4) is 0 Å². The fraction of sp³-hybridized carbons (Fsp3) is 1.00. The summed E-state index contributed by atoms with van der Waals surface area (Å²) in [5, 5.41) is 0. The van der Waals surface area contributed by atoms with Crippen LogP contribution in [-0.4, -0.2) is 29.6 Å². The molecule has 4 fully saturated rings. The van der Waals surface area contributed by atoms with Crippen molar-refractivity contribution >= 4 is 29.6 Å². The summed E-state index contributed by atoms with van der Waals surface area (Å²) in [7, 11) is 0. The SMILES string of the molecule is C1C2CC3CC1CC(C2)C3.[NaH]. The van der Waals surface area contributed by atoms with Crippen molar-refractivity contribution in [2.75, 3.05) is 0 Å². The van der Waals surface area contributed by atoms with Crippen LogP contribution < -0.4 is 0 Å². The molecule has 4 aliphatic carbocycles. The first kappa shape index (κ1) is 8.59. The molecular weight excluding hydrogens is 143 g/mol. The third kappa shape index (κ3) is 1.43. The fourth-order valence-electron chi connectivity index (χ4n) is 3.98. The van der Waals surface area contributed by atoms with Gasteiger partial charge in [-0.25, -0.2) is 0 Å². The maximum absolute atomic E-state index is 1.60. The Balaban J connectivity index is 0.000000480. The summed E-state index contributed by atoms with van der Waals surface area (Å²) in [6.07, 6.45) is 9.62. The predicted octanol–water partition coefficient (Wildman–Crippen LogP) is 2.18. The molecule has 58 valence electrons. The molecule has 0 amide bonds. The molecule has 0 heterocycles. The van der Waals surface area contributed by atoms with Crippen molar-refractivity contribution in [2.45, 2.75) is 38.5 Å². The summed E-state index contributed by atoms with van der Waals surface area (Å²) in [5.74, 6) is 4.71. The molecule has 0 nitrogen and oxygen atoms in total. The van der Waals surface area contributed by atoms with Crippen molar-refractivity contribution in [2.24, 2.45) is 23.7 Å². The van der Waals surface area contributed by atoms with Crippen LogP contribution in [0.15, 0.2) is 0 Å². The first-order valence-corrected chi connectivity index (χ1v) is 4.90. The predicted molar refractivity (Wildman–Crippen MR) is 48.8 cm³/mol. The monoisotopic (exact) mass is 160 g/mol. The van der Waals surface area contributed by atoms with Crippen molar-refractivity contribution in [1.82, 2.24) is 0 Å². The van der Waals surface area contributed by atoms with Gasteiger partial charge in [-0.2, -0.15) is 0 Å². The van der Waals surface area contributed by atoms with Gasteiger partial charge in [0.15, 0.2) is 0 Å². The first-order chi connectivity index (χ1) is 4.90. The topological polar surface area (TPSA) is 0 Å². The molecular formula is C10H17Na. The Hall–Kier alpha value is 1.00. The van der Waals surface area contributed by atoms with Crippen molar-refractivity contribution in [3.05, 3.63) is 0 Å². The molecule has 4 bridgehead atoms. The van der Waals surface area contributed by atoms with E-state index in [9.17, 15) is 0 Å². The van der Waals surface area contributed by atoms with Gasteiger partial charge < -0.3 is 0 Å². The van der Waals surface area contributed by atoms with Crippen molar-refractivity contribution < 1.29 is 0 Å². The Morgan fingerprint density at radius 2 is 0.636 bits per heavy atom. The molecule has 0 aliphatic heterocycles. The Labute approximate surface area is 91.4 Å². The summed E-state index contributed by atoms with van der Waals surface area (Å²) < 4.78 is 0. The van der Waals surface area contributed by atoms with E-state index in [1.807, 2.05) is 0 Å². The van der Waals surface area contributed by atoms with Gasteiger partial charge in [-0.1, -0.05) is 0 Å². The van der Waals surface area contributed by atoms with Crippen LogP contribution in [-0.2, 0) is 0 Å². The molecule has 1 heteroatoms. The standard InChI is InChI=1S/C10H16.Na.H/c1-7-2-9-4-8(1)5-10(3-7)6-9;;/h7-10H,1-6H2;;. The Morgan fingerprint density at radius 3 is 0.818 bits per heavy atom. The van der Waals surface area contributed by atoms with Crippen LogP contribution in [0.5, 0.6) is 0 Å². The molecule has 0 saturated heterocycles. The second-order valence-corrected chi connectivity index (χ2v) is 4.88. The Bertz CT molecular complexity index is 96.4. The average molecular weight is 160 g/mol. The van der Waals surface area contributed by atoms with Gasteiger partial charge in [-0.15, -0.1) is 0 Å². The third-order valence-corrected chi connectivity index (χ3v) is 4.00. The average Bonchev–Trinajstić information content (AvgIpc) is 1.82. The van der Waals surface area contributed by atoms with Crippen LogP contribution in [0.1, 0.15) is 38.5 Å². The molecule has 4 aliphatic rings. The van der Waals surface area contributed by atoms with Gasteiger partial charge in [0.2, 0.25) is 0 Å². The summed E-state index contributed by atoms with van der Waals surface area (Å²) in [6, 6.07) is 0. The Morgan fingerprint density at radius 1 is 0.455 bits per heavy atom. The molecule has 0 aromatic carbocycles. The van der Waals surface area contributed by atoms with Crippen LogP contribution in [0.2, 0.25) is 0 Å². The normalized spacial score (nSPS) is 52.4. The summed E-state index contributed by atoms with van der Waals surface area (Å²) in [4.78, 5) is 0. The van der Waals surface area contributed by atoms with Crippen LogP contribution in [0.25, 0.3) is 0 Å². The quantitative estimate of drug-likeness (QED) is 0.476. The number of hydrogen-bond acceptors (Lipinski definition) is 0. The minimum absolute atomic E-state index is 0. The minimum atomic E-state index is 0. The van der Waals surface area contributed by atoms with E-state index < -0.39 is 0 Å². The van der Waals surface area contributed by atoms with E-state index in [1.54, 1.807) is 38.5 Å².